The quantitative estimate of drug-likeness (QED) is 0.337. The Labute approximate surface area is 206 Å². The molecule has 4 rings (SSSR count). The van der Waals surface area contributed by atoms with E-state index in [2.05, 4.69) is 65.8 Å². The molecule has 2 saturated carbocycles. The molecule has 0 N–H and O–H groups in total. The lowest BCUT2D eigenvalue weighted by molar-refractivity contribution is -0.0221. The molecular formula is C31H42O3. The molecule has 0 unspecified atom stereocenters. The van der Waals surface area contributed by atoms with Crippen molar-refractivity contribution in [2.75, 3.05) is 0 Å². The zero-order valence-corrected chi connectivity index (χ0v) is 22.1. The Morgan fingerprint density at radius 3 is 1.21 bits per heavy atom. The van der Waals surface area contributed by atoms with E-state index in [1.165, 1.54) is 44.5 Å². The highest BCUT2D eigenvalue weighted by atomic mass is 16.7. The van der Waals surface area contributed by atoms with Crippen LogP contribution in [0.3, 0.4) is 0 Å². The summed E-state index contributed by atoms with van der Waals surface area (Å²) in [6, 6.07) is 8.88. The lowest BCUT2D eigenvalue weighted by atomic mass is 9.88. The van der Waals surface area contributed by atoms with Crippen molar-refractivity contribution in [1.82, 2.24) is 0 Å². The summed E-state index contributed by atoms with van der Waals surface area (Å²) >= 11 is 0. The van der Waals surface area contributed by atoms with Crippen LogP contribution in [0.5, 0.6) is 0 Å². The average Bonchev–Trinajstić information content (AvgIpc) is 3.79. The van der Waals surface area contributed by atoms with E-state index in [4.69, 9.17) is 9.47 Å². The van der Waals surface area contributed by atoms with E-state index in [-0.39, 0.29) is 0 Å². The number of hydrogen-bond acceptors (Lipinski definition) is 3. The molecule has 3 nitrogen and oxygen atoms in total. The van der Waals surface area contributed by atoms with E-state index < -0.39 is 17.4 Å². The molecule has 34 heavy (non-hydrogen) atoms. The molecule has 2 aliphatic carbocycles. The van der Waals surface area contributed by atoms with Gasteiger partial charge in [0.05, 0.1) is 0 Å². The summed E-state index contributed by atoms with van der Waals surface area (Å²) in [5.74, 6) is 0. The van der Waals surface area contributed by atoms with Crippen LogP contribution < -0.4 is 0 Å². The Hall–Kier alpha value is -2.29. The van der Waals surface area contributed by atoms with Crippen molar-refractivity contribution < 1.29 is 14.3 Å². The number of aryl methyl sites for hydroxylation is 2. The van der Waals surface area contributed by atoms with Crippen molar-refractivity contribution in [3.8, 4) is 0 Å². The van der Waals surface area contributed by atoms with Crippen molar-refractivity contribution in [1.29, 1.82) is 0 Å². The Morgan fingerprint density at radius 1 is 0.588 bits per heavy atom. The second kappa shape index (κ2) is 9.76. The molecule has 0 bridgehead atoms. The molecular weight excluding hydrogens is 420 g/mol. The molecule has 0 atom stereocenters. The Kier molecular flexibility index (Phi) is 7.12. The van der Waals surface area contributed by atoms with Gasteiger partial charge in [-0.2, -0.15) is 0 Å². The summed E-state index contributed by atoms with van der Waals surface area (Å²) in [5, 5.41) is 0. The molecule has 3 heteroatoms. The van der Waals surface area contributed by atoms with Crippen LogP contribution in [0.1, 0.15) is 112 Å². The molecule has 0 amide bonds. The van der Waals surface area contributed by atoms with E-state index in [1.807, 2.05) is 0 Å². The number of carbonyl (C=O) groups excluding carboxylic acids is 1. The van der Waals surface area contributed by atoms with Crippen LogP contribution in [-0.4, -0.2) is 6.16 Å². The molecule has 0 heterocycles. The lowest BCUT2D eigenvalue weighted by Gasteiger charge is -2.26. The maximum atomic E-state index is 13.2. The average molecular weight is 463 g/mol. The fourth-order valence-corrected chi connectivity index (χ4v) is 6.11. The largest absolute Gasteiger partial charge is 0.510 e. The molecule has 0 saturated heterocycles. The second-order valence-electron chi connectivity index (χ2n) is 10.0. The van der Waals surface area contributed by atoms with E-state index >= 15 is 0 Å². The number of hydrogen-bond donors (Lipinski definition) is 0. The SMILES string of the molecule is CCc1ccc(C2(OC(=O)OC3(c4ccc(CC)c(CC)c4CC)CC3)CC2)c(CC)c1CC. The first-order valence-electron chi connectivity index (χ1n) is 13.6. The van der Waals surface area contributed by atoms with Crippen molar-refractivity contribution in [2.45, 2.75) is 117 Å². The topological polar surface area (TPSA) is 35.5 Å². The fourth-order valence-electron chi connectivity index (χ4n) is 6.11. The first-order chi connectivity index (χ1) is 16.4. The first-order valence-corrected chi connectivity index (χ1v) is 13.6. The van der Waals surface area contributed by atoms with Gasteiger partial charge in [0.2, 0.25) is 0 Å². The zero-order valence-electron chi connectivity index (χ0n) is 22.1. The van der Waals surface area contributed by atoms with Gasteiger partial charge in [-0.3, -0.25) is 0 Å². The molecule has 2 aromatic carbocycles. The summed E-state index contributed by atoms with van der Waals surface area (Å²) in [6.07, 6.45) is 9.01. The van der Waals surface area contributed by atoms with Gasteiger partial charge >= 0.3 is 6.16 Å². The second-order valence-corrected chi connectivity index (χ2v) is 10.0. The Morgan fingerprint density at radius 2 is 0.941 bits per heavy atom. The molecule has 0 aromatic heterocycles. The van der Waals surface area contributed by atoms with Gasteiger partial charge in [0.25, 0.3) is 0 Å². The fraction of sp³-hybridized carbons (Fsp3) is 0.581. The van der Waals surface area contributed by atoms with Gasteiger partial charge in [-0.25, -0.2) is 4.79 Å². The highest BCUT2D eigenvalue weighted by Crippen LogP contribution is 2.55. The van der Waals surface area contributed by atoms with Crippen molar-refractivity contribution in [2.24, 2.45) is 0 Å². The highest BCUT2D eigenvalue weighted by molar-refractivity contribution is 5.64. The van der Waals surface area contributed by atoms with Crippen LogP contribution in [0, 0.1) is 0 Å². The summed E-state index contributed by atoms with van der Waals surface area (Å²) in [7, 11) is 0. The molecule has 2 aliphatic rings. The van der Waals surface area contributed by atoms with Gasteiger partial charge in [0, 0.05) is 0 Å². The smallest absolute Gasteiger partial charge is 0.423 e. The van der Waals surface area contributed by atoms with Crippen molar-refractivity contribution in [3.05, 3.63) is 68.8 Å². The van der Waals surface area contributed by atoms with E-state index in [9.17, 15) is 4.79 Å². The van der Waals surface area contributed by atoms with Crippen LogP contribution in [0.15, 0.2) is 24.3 Å². The first kappa shape index (κ1) is 24.8. The molecule has 2 aromatic rings. The van der Waals surface area contributed by atoms with Crippen LogP contribution >= 0.6 is 0 Å². The summed E-state index contributed by atoms with van der Waals surface area (Å²) < 4.78 is 12.3. The minimum atomic E-state index is -0.511. The van der Waals surface area contributed by atoms with Gasteiger partial charge in [-0.05, 0) is 109 Å². The molecule has 2 fully saturated rings. The number of ether oxygens (including phenoxy) is 2. The summed E-state index contributed by atoms with van der Waals surface area (Å²) in [5.41, 5.74) is 9.78. The lowest BCUT2D eigenvalue weighted by Crippen LogP contribution is -2.26. The Balaban J connectivity index is 1.59. The monoisotopic (exact) mass is 462 g/mol. The third-order valence-electron chi connectivity index (χ3n) is 8.18. The highest BCUT2D eigenvalue weighted by Gasteiger charge is 2.54. The zero-order chi connectivity index (χ0) is 24.5. The predicted molar refractivity (Wildman–Crippen MR) is 139 cm³/mol. The van der Waals surface area contributed by atoms with E-state index in [1.54, 1.807) is 0 Å². The minimum absolute atomic E-state index is 0.505. The standard InChI is InChI=1S/C31H42O3/c1-7-21-13-15-27(25(11-5)23(21)9-3)30(17-18-30)33-29(32)34-31(19-20-31)28-16-14-22(8-2)24(10-4)26(28)12-6/h13-16H,7-12,17-20H2,1-6H3. The molecule has 184 valence electrons. The van der Waals surface area contributed by atoms with Crippen molar-refractivity contribution >= 4 is 6.16 Å². The number of rotatable bonds is 10. The van der Waals surface area contributed by atoms with Crippen LogP contribution in [0.4, 0.5) is 4.79 Å². The maximum absolute atomic E-state index is 13.2. The van der Waals surface area contributed by atoms with Crippen molar-refractivity contribution in [3.63, 3.8) is 0 Å². The van der Waals surface area contributed by atoms with Crippen LogP contribution in [0.2, 0.25) is 0 Å². The third kappa shape index (κ3) is 4.27. The van der Waals surface area contributed by atoms with E-state index in [0.717, 1.165) is 64.2 Å². The maximum Gasteiger partial charge on any atom is 0.510 e. The van der Waals surface area contributed by atoms with E-state index in [0.29, 0.717) is 0 Å². The molecule has 0 spiro atoms. The summed E-state index contributed by atoms with van der Waals surface area (Å²) in [6.45, 7) is 13.3. The number of benzene rings is 2. The summed E-state index contributed by atoms with van der Waals surface area (Å²) in [4.78, 5) is 13.2. The van der Waals surface area contributed by atoms with Gasteiger partial charge in [0.1, 0.15) is 11.2 Å². The number of carbonyl (C=O) groups is 1. The molecule has 0 radical (unpaired) electrons. The minimum Gasteiger partial charge on any atom is -0.423 e. The van der Waals surface area contributed by atoms with Gasteiger partial charge < -0.3 is 9.47 Å². The van der Waals surface area contributed by atoms with Crippen LogP contribution in [0.25, 0.3) is 0 Å². The van der Waals surface area contributed by atoms with Gasteiger partial charge in [-0.1, -0.05) is 65.8 Å². The van der Waals surface area contributed by atoms with Gasteiger partial charge in [-0.15, -0.1) is 0 Å². The normalized spacial score (nSPS) is 17.4. The molecule has 0 aliphatic heterocycles. The predicted octanol–water partition coefficient (Wildman–Crippen LogP) is 7.89. The third-order valence-corrected chi connectivity index (χ3v) is 8.18. The van der Waals surface area contributed by atoms with Gasteiger partial charge in [0.15, 0.2) is 0 Å². The van der Waals surface area contributed by atoms with Crippen LogP contribution in [-0.2, 0) is 59.2 Å². The Bertz CT molecular complexity index is 973.